The molecule has 0 aliphatic heterocycles. The molecule has 0 aromatic rings. The number of carbonyl (C=O) groups excluding carboxylic acids is 1. The van der Waals surface area contributed by atoms with Gasteiger partial charge in [-0.15, -0.1) is 0 Å². The van der Waals surface area contributed by atoms with E-state index < -0.39 is 0 Å². The molecular weight excluding hydrogens is 220 g/mol. The summed E-state index contributed by atoms with van der Waals surface area (Å²) in [6.07, 6.45) is 1.55. The van der Waals surface area contributed by atoms with E-state index in [-0.39, 0.29) is 18.5 Å². The van der Waals surface area contributed by atoms with Crippen LogP contribution in [0.2, 0.25) is 0 Å². The van der Waals surface area contributed by atoms with Gasteiger partial charge in [0.1, 0.15) is 6.61 Å². The summed E-state index contributed by atoms with van der Waals surface area (Å²) in [7, 11) is 0. The Hall–Kier alpha value is -0.570. The van der Waals surface area contributed by atoms with Gasteiger partial charge in [-0.3, -0.25) is 0 Å². The summed E-state index contributed by atoms with van der Waals surface area (Å²) in [5.41, 5.74) is 0.636. The molecule has 0 bridgehead atoms. The molecule has 12 heavy (non-hydrogen) atoms. The molecule has 0 amide bonds. The number of hydrogen-bond donors (Lipinski definition) is 0. The fourth-order valence-corrected chi connectivity index (χ4v) is 1.34. The van der Waals surface area contributed by atoms with E-state index >= 15 is 0 Å². The Kier molecular flexibility index (Phi) is 5.72. The normalized spacial score (nSPS) is 11.5. The first-order chi connectivity index (χ1) is 5.63. The zero-order chi connectivity index (χ0) is 9.56. The van der Waals surface area contributed by atoms with Crippen molar-refractivity contribution < 1.29 is 9.53 Å². The van der Waals surface area contributed by atoms with Gasteiger partial charge in [0.2, 0.25) is 0 Å². The van der Waals surface area contributed by atoms with Gasteiger partial charge in [-0.2, -0.15) is 0 Å². The molecule has 0 spiro atoms. The molecule has 2 nitrogen and oxygen atoms in total. The zero-order valence-electron chi connectivity index (χ0n) is 7.34. The lowest BCUT2D eigenvalue weighted by atomic mass is 10.1. The molecule has 3 heteroatoms. The van der Waals surface area contributed by atoms with Gasteiger partial charge in [0.25, 0.3) is 0 Å². The van der Waals surface area contributed by atoms with Crippen molar-refractivity contribution in [3.05, 3.63) is 23.2 Å². The molecule has 0 saturated heterocycles. The third-order valence-corrected chi connectivity index (χ3v) is 1.80. The third-order valence-electron chi connectivity index (χ3n) is 1.31. The highest BCUT2D eigenvalue weighted by Gasteiger charge is 2.13. The highest BCUT2D eigenvalue weighted by Crippen LogP contribution is 2.13. The summed E-state index contributed by atoms with van der Waals surface area (Å²) in [5.74, 6) is -0.122. The topological polar surface area (TPSA) is 26.3 Å². The Morgan fingerprint density at radius 3 is 2.58 bits per heavy atom. The Bertz CT molecular complexity index is 195. The van der Waals surface area contributed by atoms with Crippen molar-refractivity contribution in [1.29, 1.82) is 0 Å². The lowest BCUT2D eigenvalue weighted by Gasteiger charge is -2.08. The SMILES string of the molecule is C=CCOC(=O)/C(=C/Br)C(C)C. The van der Waals surface area contributed by atoms with Gasteiger partial charge in [-0.25, -0.2) is 4.79 Å². The lowest BCUT2D eigenvalue weighted by molar-refractivity contribution is -0.138. The maximum absolute atomic E-state index is 11.2. The summed E-state index contributed by atoms with van der Waals surface area (Å²) < 4.78 is 4.85. The monoisotopic (exact) mass is 232 g/mol. The predicted octanol–water partition coefficient (Wildman–Crippen LogP) is 2.65. The van der Waals surface area contributed by atoms with E-state index in [2.05, 4.69) is 22.5 Å². The number of ether oxygens (including phenoxy) is 1. The quantitative estimate of drug-likeness (QED) is 0.424. The minimum absolute atomic E-state index is 0.168. The fourth-order valence-electron chi connectivity index (χ4n) is 0.624. The van der Waals surface area contributed by atoms with Crippen molar-refractivity contribution in [2.45, 2.75) is 13.8 Å². The smallest absolute Gasteiger partial charge is 0.335 e. The summed E-state index contributed by atoms with van der Waals surface area (Å²) in [6, 6.07) is 0. The molecule has 68 valence electrons. The van der Waals surface area contributed by atoms with Crippen LogP contribution < -0.4 is 0 Å². The zero-order valence-corrected chi connectivity index (χ0v) is 8.93. The van der Waals surface area contributed by atoms with Crippen LogP contribution in [0.4, 0.5) is 0 Å². The van der Waals surface area contributed by atoms with E-state index in [0.717, 1.165) is 0 Å². The van der Waals surface area contributed by atoms with Crippen molar-refractivity contribution in [1.82, 2.24) is 0 Å². The van der Waals surface area contributed by atoms with Crippen molar-refractivity contribution in [3.8, 4) is 0 Å². The van der Waals surface area contributed by atoms with Gasteiger partial charge in [-0.05, 0) is 10.9 Å². The van der Waals surface area contributed by atoms with E-state index in [1.165, 1.54) is 0 Å². The minimum Gasteiger partial charge on any atom is -0.458 e. The van der Waals surface area contributed by atoms with Crippen molar-refractivity contribution in [3.63, 3.8) is 0 Å². The van der Waals surface area contributed by atoms with E-state index in [0.29, 0.717) is 5.57 Å². The molecule has 0 aliphatic carbocycles. The van der Waals surface area contributed by atoms with Gasteiger partial charge in [0.15, 0.2) is 0 Å². The second-order valence-corrected chi connectivity index (χ2v) is 3.06. The molecule has 0 saturated carbocycles. The van der Waals surface area contributed by atoms with Crippen LogP contribution >= 0.6 is 15.9 Å². The van der Waals surface area contributed by atoms with Crippen LogP contribution in [0.1, 0.15) is 13.8 Å². The van der Waals surface area contributed by atoms with Crippen LogP contribution in [-0.4, -0.2) is 12.6 Å². The summed E-state index contributed by atoms with van der Waals surface area (Å²) >= 11 is 3.12. The summed E-state index contributed by atoms with van der Waals surface area (Å²) in [6.45, 7) is 7.58. The maximum atomic E-state index is 11.2. The predicted molar refractivity (Wildman–Crippen MR) is 53.0 cm³/mol. The highest BCUT2D eigenvalue weighted by atomic mass is 79.9. The van der Waals surface area contributed by atoms with Gasteiger partial charge in [0, 0.05) is 5.57 Å². The maximum Gasteiger partial charge on any atom is 0.335 e. The molecule has 0 heterocycles. The van der Waals surface area contributed by atoms with Crippen LogP contribution in [-0.2, 0) is 9.53 Å². The van der Waals surface area contributed by atoms with Crippen molar-refractivity contribution >= 4 is 21.9 Å². The average Bonchev–Trinajstić information content (AvgIpc) is 2.01. The molecule has 0 atom stereocenters. The van der Waals surface area contributed by atoms with Crippen molar-refractivity contribution in [2.24, 2.45) is 5.92 Å². The van der Waals surface area contributed by atoms with Crippen LogP contribution in [0, 0.1) is 5.92 Å². The Balaban J connectivity index is 4.14. The van der Waals surface area contributed by atoms with Crippen LogP contribution in [0.5, 0.6) is 0 Å². The fraction of sp³-hybridized carbons (Fsp3) is 0.444. The standard InChI is InChI=1S/C9H13BrO2/c1-4-5-12-9(11)8(6-10)7(2)3/h4,6-7H,1,5H2,2-3H3/b8-6+. The third kappa shape index (κ3) is 3.72. The second-order valence-electron chi connectivity index (χ2n) is 2.61. The number of carbonyl (C=O) groups is 1. The van der Waals surface area contributed by atoms with E-state index in [9.17, 15) is 4.79 Å². The summed E-state index contributed by atoms with van der Waals surface area (Å²) in [4.78, 5) is 12.8. The Morgan fingerprint density at radius 1 is 1.67 bits per heavy atom. The largest absolute Gasteiger partial charge is 0.458 e. The average molecular weight is 233 g/mol. The Morgan fingerprint density at radius 2 is 2.25 bits per heavy atom. The molecule has 0 aromatic heterocycles. The van der Waals surface area contributed by atoms with Crippen molar-refractivity contribution in [2.75, 3.05) is 6.61 Å². The first-order valence-corrected chi connectivity index (χ1v) is 4.63. The Labute approximate surface area is 81.4 Å². The summed E-state index contributed by atoms with van der Waals surface area (Å²) in [5, 5.41) is 0. The van der Waals surface area contributed by atoms with Gasteiger partial charge < -0.3 is 4.74 Å². The van der Waals surface area contributed by atoms with Gasteiger partial charge in [0.05, 0.1) is 0 Å². The van der Waals surface area contributed by atoms with Crippen LogP contribution in [0.3, 0.4) is 0 Å². The molecule has 0 radical (unpaired) electrons. The second kappa shape index (κ2) is 6.00. The van der Waals surface area contributed by atoms with Gasteiger partial charge in [-0.1, -0.05) is 42.4 Å². The first-order valence-electron chi connectivity index (χ1n) is 3.71. The number of halogens is 1. The molecule has 0 N–H and O–H groups in total. The molecule has 0 fully saturated rings. The van der Waals surface area contributed by atoms with Gasteiger partial charge >= 0.3 is 5.97 Å². The van der Waals surface area contributed by atoms with Crippen LogP contribution in [0.25, 0.3) is 0 Å². The minimum atomic E-state index is -0.290. The molecule has 0 rings (SSSR count). The van der Waals surface area contributed by atoms with E-state index in [1.807, 2.05) is 13.8 Å². The molecule has 0 unspecified atom stereocenters. The number of rotatable bonds is 4. The van der Waals surface area contributed by atoms with E-state index in [1.54, 1.807) is 11.1 Å². The number of hydrogen-bond acceptors (Lipinski definition) is 2. The molecule has 0 aliphatic rings. The first kappa shape index (κ1) is 11.4. The highest BCUT2D eigenvalue weighted by molar-refractivity contribution is 9.11. The molecule has 0 aromatic carbocycles. The van der Waals surface area contributed by atoms with E-state index in [4.69, 9.17) is 4.74 Å². The number of esters is 1. The molecular formula is C9H13BrO2. The van der Waals surface area contributed by atoms with Crippen LogP contribution in [0.15, 0.2) is 23.2 Å². The lowest BCUT2D eigenvalue weighted by Crippen LogP contribution is -2.11.